The van der Waals surface area contributed by atoms with E-state index in [1.807, 2.05) is 37.3 Å². The summed E-state index contributed by atoms with van der Waals surface area (Å²) in [6.45, 7) is 4.14. The van der Waals surface area contributed by atoms with Crippen LogP contribution in [0.25, 0.3) is 11.1 Å². The Morgan fingerprint density at radius 2 is 1.83 bits per heavy atom. The molecule has 0 aliphatic rings. The van der Waals surface area contributed by atoms with E-state index in [1.165, 1.54) is 0 Å². The molecule has 1 unspecified atom stereocenters. The summed E-state index contributed by atoms with van der Waals surface area (Å²) < 4.78 is 5.51. The van der Waals surface area contributed by atoms with Crippen molar-refractivity contribution in [3.05, 3.63) is 54.1 Å². The Bertz CT molecular complexity index is 674. The van der Waals surface area contributed by atoms with Crippen LogP contribution in [0.2, 0.25) is 0 Å². The predicted octanol–water partition coefficient (Wildman–Crippen LogP) is 5.29. The van der Waals surface area contributed by atoms with Crippen LogP contribution in [0.5, 0.6) is 5.75 Å². The molecule has 0 amide bonds. The fraction of sp³-hybridized carbons (Fsp3) is 0.333. The second-order valence-electron chi connectivity index (χ2n) is 5.94. The van der Waals surface area contributed by atoms with Crippen molar-refractivity contribution in [2.24, 2.45) is 5.92 Å². The Kier molecular flexibility index (Phi) is 6.74. The van der Waals surface area contributed by atoms with Crippen molar-refractivity contribution < 1.29 is 14.3 Å². The third kappa shape index (κ3) is 4.79. The molecular formula is C21H24O3. The quantitative estimate of drug-likeness (QED) is 0.376. The summed E-state index contributed by atoms with van der Waals surface area (Å²) in [5.74, 6) is 0.376. The van der Waals surface area contributed by atoms with E-state index in [9.17, 15) is 9.59 Å². The number of benzene rings is 2. The Morgan fingerprint density at radius 3 is 2.46 bits per heavy atom. The monoisotopic (exact) mass is 324 g/mol. The Balaban J connectivity index is 2.06. The van der Waals surface area contributed by atoms with Gasteiger partial charge in [0.15, 0.2) is 0 Å². The van der Waals surface area contributed by atoms with E-state index in [1.54, 1.807) is 18.2 Å². The van der Waals surface area contributed by atoms with E-state index in [-0.39, 0.29) is 11.9 Å². The molecule has 0 saturated heterocycles. The second-order valence-corrected chi connectivity index (χ2v) is 5.94. The molecular weight excluding hydrogens is 300 g/mol. The number of hydrogen-bond donors (Lipinski definition) is 0. The lowest BCUT2D eigenvalue weighted by Crippen LogP contribution is -2.19. The molecule has 0 fully saturated rings. The molecule has 126 valence electrons. The van der Waals surface area contributed by atoms with E-state index in [0.717, 1.165) is 43.1 Å². The van der Waals surface area contributed by atoms with Gasteiger partial charge in [-0.1, -0.05) is 57.0 Å². The van der Waals surface area contributed by atoms with E-state index < -0.39 is 0 Å². The zero-order chi connectivity index (χ0) is 17.4. The molecule has 2 aromatic carbocycles. The van der Waals surface area contributed by atoms with Crippen LogP contribution in [0.1, 0.15) is 49.9 Å². The van der Waals surface area contributed by atoms with E-state index >= 15 is 0 Å². The molecule has 3 heteroatoms. The first-order valence-corrected chi connectivity index (χ1v) is 8.55. The highest BCUT2D eigenvalue weighted by molar-refractivity contribution is 5.79. The van der Waals surface area contributed by atoms with Crippen molar-refractivity contribution >= 4 is 12.3 Å². The average molecular weight is 324 g/mol. The number of carbonyl (C=O) groups excluding carboxylic acids is 2. The van der Waals surface area contributed by atoms with Crippen LogP contribution in [0, 0.1) is 5.92 Å². The molecule has 0 aromatic heterocycles. The largest absolute Gasteiger partial charge is 0.426 e. The fourth-order valence-corrected chi connectivity index (χ4v) is 2.65. The Morgan fingerprint density at radius 1 is 1.08 bits per heavy atom. The summed E-state index contributed by atoms with van der Waals surface area (Å²) in [6.07, 6.45) is 4.64. The highest BCUT2D eigenvalue weighted by Gasteiger charge is 2.18. The van der Waals surface area contributed by atoms with Gasteiger partial charge in [-0.3, -0.25) is 9.59 Å². The van der Waals surface area contributed by atoms with Gasteiger partial charge in [-0.25, -0.2) is 0 Å². The van der Waals surface area contributed by atoms with Crippen molar-refractivity contribution in [1.82, 2.24) is 0 Å². The lowest BCUT2D eigenvalue weighted by molar-refractivity contribution is -0.139. The molecule has 0 N–H and O–H groups in total. The first-order chi connectivity index (χ1) is 11.7. The van der Waals surface area contributed by atoms with Gasteiger partial charge in [-0.15, -0.1) is 0 Å². The molecule has 0 aliphatic heterocycles. The third-order valence-corrected chi connectivity index (χ3v) is 4.16. The fourth-order valence-electron chi connectivity index (χ4n) is 2.65. The lowest BCUT2D eigenvalue weighted by Gasteiger charge is -2.13. The van der Waals surface area contributed by atoms with Gasteiger partial charge in [0, 0.05) is 5.56 Å². The number of ether oxygens (including phenoxy) is 1. The highest BCUT2D eigenvalue weighted by Crippen LogP contribution is 2.24. The van der Waals surface area contributed by atoms with E-state index in [4.69, 9.17) is 4.74 Å². The number of esters is 1. The standard InChI is InChI=1S/C21H24O3/c1-3-5-8-17(4-2)21(23)24-20-12-10-18(11-13-20)19-9-6-7-16(14-19)15-22/h6-7,9-15,17H,3-5,8H2,1-2H3. The van der Waals surface area contributed by atoms with Crippen LogP contribution in [0.4, 0.5) is 0 Å². The van der Waals surface area contributed by atoms with E-state index in [2.05, 4.69) is 6.92 Å². The highest BCUT2D eigenvalue weighted by atomic mass is 16.5. The van der Waals surface area contributed by atoms with Gasteiger partial charge in [-0.05, 0) is 42.2 Å². The maximum absolute atomic E-state index is 12.2. The third-order valence-electron chi connectivity index (χ3n) is 4.16. The Labute approximate surface area is 143 Å². The predicted molar refractivity (Wildman–Crippen MR) is 96.2 cm³/mol. The van der Waals surface area contributed by atoms with Crippen LogP contribution in [0.15, 0.2) is 48.5 Å². The first-order valence-electron chi connectivity index (χ1n) is 8.55. The van der Waals surface area contributed by atoms with Crippen molar-refractivity contribution in [2.45, 2.75) is 39.5 Å². The normalized spacial score (nSPS) is 11.8. The van der Waals surface area contributed by atoms with Crippen molar-refractivity contribution in [3.8, 4) is 16.9 Å². The molecule has 0 spiro atoms. The smallest absolute Gasteiger partial charge is 0.314 e. The van der Waals surface area contributed by atoms with Gasteiger partial charge in [0.2, 0.25) is 0 Å². The van der Waals surface area contributed by atoms with Gasteiger partial charge < -0.3 is 4.74 Å². The van der Waals surface area contributed by atoms with Crippen molar-refractivity contribution in [2.75, 3.05) is 0 Å². The maximum Gasteiger partial charge on any atom is 0.314 e. The van der Waals surface area contributed by atoms with Crippen molar-refractivity contribution in [1.29, 1.82) is 0 Å². The van der Waals surface area contributed by atoms with E-state index in [0.29, 0.717) is 11.3 Å². The number of unbranched alkanes of at least 4 members (excludes halogenated alkanes) is 1. The number of hydrogen-bond acceptors (Lipinski definition) is 3. The summed E-state index contributed by atoms with van der Waals surface area (Å²) in [6, 6.07) is 14.8. The zero-order valence-corrected chi connectivity index (χ0v) is 14.3. The van der Waals surface area contributed by atoms with Crippen LogP contribution < -0.4 is 4.74 Å². The molecule has 0 bridgehead atoms. The topological polar surface area (TPSA) is 43.4 Å². The molecule has 2 aromatic rings. The van der Waals surface area contributed by atoms with Gasteiger partial charge in [0.05, 0.1) is 5.92 Å². The molecule has 0 aliphatic carbocycles. The zero-order valence-electron chi connectivity index (χ0n) is 14.3. The average Bonchev–Trinajstić information content (AvgIpc) is 2.63. The summed E-state index contributed by atoms with van der Waals surface area (Å²) in [5, 5.41) is 0. The number of rotatable bonds is 8. The molecule has 3 nitrogen and oxygen atoms in total. The summed E-state index contributed by atoms with van der Waals surface area (Å²) in [7, 11) is 0. The molecule has 0 radical (unpaired) electrons. The minimum absolute atomic E-state index is 0.0334. The van der Waals surface area contributed by atoms with Crippen LogP contribution >= 0.6 is 0 Å². The molecule has 24 heavy (non-hydrogen) atoms. The summed E-state index contributed by atoms with van der Waals surface area (Å²) in [4.78, 5) is 23.1. The van der Waals surface area contributed by atoms with Gasteiger partial charge >= 0.3 is 5.97 Å². The first kappa shape index (κ1) is 17.9. The minimum Gasteiger partial charge on any atom is -0.426 e. The number of carbonyl (C=O) groups is 2. The second kappa shape index (κ2) is 9.02. The number of aldehydes is 1. The summed E-state index contributed by atoms with van der Waals surface area (Å²) in [5.41, 5.74) is 2.59. The van der Waals surface area contributed by atoms with Crippen LogP contribution in [-0.4, -0.2) is 12.3 Å². The minimum atomic E-state index is -0.151. The lowest BCUT2D eigenvalue weighted by atomic mass is 10.00. The Hall–Kier alpha value is -2.42. The van der Waals surface area contributed by atoms with Crippen LogP contribution in [0.3, 0.4) is 0 Å². The maximum atomic E-state index is 12.2. The van der Waals surface area contributed by atoms with Crippen molar-refractivity contribution in [3.63, 3.8) is 0 Å². The molecule has 1 atom stereocenters. The molecule has 0 saturated carbocycles. The van der Waals surface area contributed by atoms with Gasteiger partial charge in [0.25, 0.3) is 0 Å². The summed E-state index contributed by atoms with van der Waals surface area (Å²) >= 11 is 0. The molecule has 2 rings (SSSR count). The van der Waals surface area contributed by atoms with Crippen LogP contribution in [-0.2, 0) is 4.79 Å². The SMILES string of the molecule is CCCCC(CC)C(=O)Oc1ccc(-c2cccc(C=O)c2)cc1. The van der Waals surface area contributed by atoms with Gasteiger partial charge in [0.1, 0.15) is 12.0 Å². The van der Waals surface area contributed by atoms with Gasteiger partial charge in [-0.2, -0.15) is 0 Å². The molecule has 0 heterocycles.